The third kappa shape index (κ3) is 4.01. The molecule has 1 aliphatic rings. The lowest BCUT2D eigenvalue weighted by molar-refractivity contribution is 0.144. The van der Waals surface area contributed by atoms with Crippen molar-refractivity contribution in [2.45, 2.75) is 19.9 Å². The number of likely N-dealkylation sites (N-methyl/N-ethyl adjacent to an activating group) is 1. The van der Waals surface area contributed by atoms with E-state index >= 15 is 0 Å². The topological polar surface area (TPSA) is 52.6 Å². The van der Waals surface area contributed by atoms with Crippen LogP contribution in [0.5, 0.6) is 0 Å². The molecule has 0 aromatic rings. The molecule has 0 aromatic carbocycles. The van der Waals surface area contributed by atoms with E-state index in [0.717, 1.165) is 26.2 Å². The Balaban J connectivity index is 2.37. The van der Waals surface area contributed by atoms with Crippen LogP contribution in [0.15, 0.2) is 0 Å². The second-order valence-electron chi connectivity index (χ2n) is 4.35. The predicted molar refractivity (Wildman–Crippen MR) is 66.0 cm³/mol. The first kappa shape index (κ1) is 13.9. The largest absolute Gasteiger partial charge is 0.315 e. The summed E-state index contributed by atoms with van der Waals surface area (Å²) in [5.41, 5.74) is 0. The van der Waals surface area contributed by atoms with Crippen LogP contribution in [0.2, 0.25) is 0 Å². The van der Waals surface area contributed by atoms with Crippen LogP contribution < -0.4 is 5.32 Å². The van der Waals surface area contributed by atoms with Crippen molar-refractivity contribution >= 4 is 10.0 Å². The van der Waals surface area contributed by atoms with Crippen LogP contribution in [0.25, 0.3) is 0 Å². The van der Waals surface area contributed by atoms with Crippen molar-refractivity contribution in [3.63, 3.8) is 0 Å². The second-order valence-corrected chi connectivity index (χ2v) is 6.34. The van der Waals surface area contributed by atoms with Gasteiger partial charge in [-0.3, -0.25) is 4.90 Å². The van der Waals surface area contributed by atoms with Crippen LogP contribution in [-0.4, -0.2) is 69.2 Å². The van der Waals surface area contributed by atoms with Gasteiger partial charge in [-0.1, -0.05) is 6.92 Å². The molecule has 0 amide bonds. The highest BCUT2D eigenvalue weighted by molar-refractivity contribution is 7.88. The third-order valence-corrected chi connectivity index (χ3v) is 4.36. The van der Waals surface area contributed by atoms with E-state index in [9.17, 15) is 8.42 Å². The number of piperazine rings is 1. The first-order valence-corrected chi connectivity index (χ1v) is 7.70. The van der Waals surface area contributed by atoms with E-state index in [-0.39, 0.29) is 0 Å². The average Bonchev–Trinajstić information content (AvgIpc) is 2.25. The maximum atomic E-state index is 11.3. The standard InChI is InChI=1S/C10H23N3O2S/c1-4-11-9-10(2)12-5-7-13(8-6-12)16(3,14)15/h10-11H,4-9H2,1-3H3. The van der Waals surface area contributed by atoms with Gasteiger partial charge in [0.1, 0.15) is 0 Å². The molecule has 1 N–H and O–H groups in total. The monoisotopic (exact) mass is 249 g/mol. The number of rotatable bonds is 5. The van der Waals surface area contributed by atoms with Crippen LogP contribution in [0, 0.1) is 0 Å². The van der Waals surface area contributed by atoms with E-state index in [1.165, 1.54) is 6.26 Å². The van der Waals surface area contributed by atoms with Gasteiger partial charge >= 0.3 is 0 Å². The van der Waals surface area contributed by atoms with Crippen molar-refractivity contribution < 1.29 is 8.42 Å². The summed E-state index contributed by atoms with van der Waals surface area (Å²) >= 11 is 0. The maximum Gasteiger partial charge on any atom is 0.211 e. The molecule has 1 atom stereocenters. The Labute approximate surface area is 98.8 Å². The minimum Gasteiger partial charge on any atom is -0.315 e. The Hall–Kier alpha value is -0.170. The molecule has 1 heterocycles. The molecule has 1 saturated heterocycles. The highest BCUT2D eigenvalue weighted by Gasteiger charge is 2.25. The van der Waals surface area contributed by atoms with Crippen molar-refractivity contribution in [2.24, 2.45) is 0 Å². The first-order chi connectivity index (χ1) is 7.45. The van der Waals surface area contributed by atoms with Gasteiger partial charge in [0.05, 0.1) is 6.26 Å². The molecular weight excluding hydrogens is 226 g/mol. The molecule has 0 radical (unpaired) electrons. The molecular formula is C10H23N3O2S. The fourth-order valence-corrected chi connectivity index (χ4v) is 2.78. The quantitative estimate of drug-likeness (QED) is 0.718. The zero-order valence-electron chi connectivity index (χ0n) is 10.4. The van der Waals surface area contributed by atoms with Gasteiger partial charge in [0, 0.05) is 38.8 Å². The van der Waals surface area contributed by atoms with Crippen molar-refractivity contribution in [2.75, 3.05) is 45.5 Å². The van der Waals surface area contributed by atoms with Gasteiger partial charge in [0.25, 0.3) is 0 Å². The Morgan fingerprint density at radius 3 is 2.25 bits per heavy atom. The number of hydrogen-bond acceptors (Lipinski definition) is 4. The molecule has 0 aromatic heterocycles. The Morgan fingerprint density at radius 2 is 1.81 bits per heavy atom. The number of nitrogens with one attached hydrogen (secondary N) is 1. The van der Waals surface area contributed by atoms with E-state index in [1.807, 2.05) is 0 Å². The fraction of sp³-hybridized carbons (Fsp3) is 1.00. The Morgan fingerprint density at radius 1 is 1.25 bits per heavy atom. The normalized spacial score (nSPS) is 22.2. The Bertz CT molecular complexity index is 297. The van der Waals surface area contributed by atoms with Crippen LogP contribution >= 0.6 is 0 Å². The molecule has 1 rings (SSSR count). The fourth-order valence-electron chi connectivity index (χ4n) is 1.96. The summed E-state index contributed by atoms with van der Waals surface area (Å²) in [5, 5.41) is 3.31. The van der Waals surface area contributed by atoms with Gasteiger partial charge in [-0.25, -0.2) is 8.42 Å². The summed E-state index contributed by atoms with van der Waals surface area (Å²) in [5.74, 6) is 0. The van der Waals surface area contributed by atoms with Crippen molar-refractivity contribution in [1.82, 2.24) is 14.5 Å². The minimum absolute atomic E-state index is 0.474. The molecule has 0 saturated carbocycles. The molecule has 0 bridgehead atoms. The average molecular weight is 249 g/mol. The van der Waals surface area contributed by atoms with Crippen LogP contribution in [0.4, 0.5) is 0 Å². The SMILES string of the molecule is CCNCC(C)N1CCN(S(C)(=O)=O)CC1. The first-order valence-electron chi connectivity index (χ1n) is 5.85. The summed E-state index contributed by atoms with van der Waals surface area (Å²) in [4.78, 5) is 2.34. The smallest absolute Gasteiger partial charge is 0.211 e. The predicted octanol–water partition coefficient (Wildman–Crippen LogP) is -0.438. The maximum absolute atomic E-state index is 11.3. The van der Waals surface area contributed by atoms with E-state index in [4.69, 9.17) is 0 Å². The molecule has 1 aliphatic heterocycles. The molecule has 5 nitrogen and oxygen atoms in total. The van der Waals surface area contributed by atoms with Gasteiger partial charge in [-0.15, -0.1) is 0 Å². The Kier molecular flexibility index (Phi) is 5.17. The molecule has 6 heteroatoms. The number of nitrogens with zero attached hydrogens (tertiary/aromatic N) is 2. The van der Waals surface area contributed by atoms with Gasteiger partial charge in [0.2, 0.25) is 10.0 Å². The minimum atomic E-state index is -3.00. The van der Waals surface area contributed by atoms with Crippen LogP contribution in [0.1, 0.15) is 13.8 Å². The third-order valence-electron chi connectivity index (χ3n) is 3.06. The highest BCUT2D eigenvalue weighted by atomic mass is 32.2. The van der Waals surface area contributed by atoms with E-state index in [2.05, 4.69) is 24.1 Å². The lowest BCUT2D eigenvalue weighted by Crippen LogP contribution is -2.52. The zero-order valence-corrected chi connectivity index (χ0v) is 11.3. The van der Waals surface area contributed by atoms with Crippen molar-refractivity contribution in [1.29, 1.82) is 0 Å². The molecule has 96 valence electrons. The molecule has 1 fully saturated rings. The van der Waals surface area contributed by atoms with E-state index in [0.29, 0.717) is 19.1 Å². The molecule has 16 heavy (non-hydrogen) atoms. The highest BCUT2D eigenvalue weighted by Crippen LogP contribution is 2.08. The summed E-state index contributed by atoms with van der Waals surface area (Å²) in [6.45, 7) is 9.12. The second kappa shape index (κ2) is 5.95. The van der Waals surface area contributed by atoms with E-state index < -0.39 is 10.0 Å². The van der Waals surface area contributed by atoms with Gasteiger partial charge < -0.3 is 5.32 Å². The summed E-state index contributed by atoms with van der Waals surface area (Å²) < 4.78 is 24.2. The van der Waals surface area contributed by atoms with E-state index in [1.54, 1.807) is 4.31 Å². The number of sulfonamides is 1. The lowest BCUT2D eigenvalue weighted by atomic mass is 10.2. The van der Waals surface area contributed by atoms with Crippen molar-refractivity contribution in [3.8, 4) is 0 Å². The summed E-state index contributed by atoms with van der Waals surface area (Å²) in [7, 11) is -3.00. The van der Waals surface area contributed by atoms with Crippen LogP contribution in [-0.2, 0) is 10.0 Å². The summed E-state index contributed by atoms with van der Waals surface area (Å²) in [6, 6.07) is 0.474. The van der Waals surface area contributed by atoms with Gasteiger partial charge in [0.15, 0.2) is 0 Å². The molecule has 1 unspecified atom stereocenters. The van der Waals surface area contributed by atoms with Crippen LogP contribution in [0.3, 0.4) is 0 Å². The zero-order chi connectivity index (χ0) is 12.2. The summed E-state index contributed by atoms with van der Waals surface area (Å²) in [6.07, 6.45) is 1.28. The number of hydrogen-bond donors (Lipinski definition) is 1. The molecule has 0 aliphatic carbocycles. The van der Waals surface area contributed by atoms with Gasteiger partial charge in [-0.05, 0) is 13.5 Å². The van der Waals surface area contributed by atoms with Crippen molar-refractivity contribution in [3.05, 3.63) is 0 Å². The molecule has 0 spiro atoms. The van der Waals surface area contributed by atoms with Gasteiger partial charge in [-0.2, -0.15) is 4.31 Å². The lowest BCUT2D eigenvalue weighted by Gasteiger charge is -2.37.